The van der Waals surface area contributed by atoms with Gasteiger partial charge in [-0.3, -0.25) is 4.79 Å². The quantitative estimate of drug-likeness (QED) is 0.843. The van der Waals surface area contributed by atoms with E-state index < -0.39 is 0 Å². The fraction of sp³-hybridized carbons (Fsp3) is 0. The fourth-order valence-electron chi connectivity index (χ4n) is 1.29. The summed E-state index contributed by atoms with van der Waals surface area (Å²) in [5.41, 5.74) is 0.995. The summed E-state index contributed by atoms with van der Waals surface area (Å²) < 4.78 is 0.646. The number of carbonyl (C=O) groups excluding carboxylic acids is 1. The number of hydrogen-bond acceptors (Lipinski definition) is 1. The molecule has 0 bridgehead atoms. The Labute approximate surface area is 116 Å². The van der Waals surface area contributed by atoms with Gasteiger partial charge < -0.3 is 10.3 Å². The third kappa shape index (κ3) is 2.83. The van der Waals surface area contributed by atoms with Crippen LogP contribution in [0.25, 0.3) is 0 Å². The Balaban J connectivity index is 2.21. The molecule has 1 aromatic carbocycles. The molecule has 2 rings (SSSR count). The van der Waals surface area contributed by atoms with Crippen molar-refractivity contribution in [1.29, 1.82) is 0 Å². The molecular weight excluding hydrogens is 327 g/mol. The molecule has 0 unspecified atom stereocenters. The predicted molar refractivity (Wildman–Crippen MR) is 72.9 cm³/mol. The average Bonchev–Trinajstić information content (AvgIpc) is 2.72. The van der Waals surface area contributed by atoms with E-state index in [4.69, 9.17) is 23.2 Å². The Hall–Kier alpha value is -0.970. The van der Waals surface area contributed by atoms with E-state index >= 15 is 0 Å². The average molecular weight is 334 g/mol. The van der Waals surface area contributed by atoms with Crippen molar-refractivity contribution in [2.75, 3.05) is 5.32 Å². The molecule has 0 aliphatic carbocycles. The molecule has 3 nitrogen and oxygen atoms in total. The zero-order chi connectivity index (χ0) is 12.4. The summed E-state index contributed by atoms with van der Waals surface area (Å²) in [6.45, 7) is 0. The van der Waals surface area contributed by atoms with E-state index in [2.05, 4.69) is 26.2 Å². The van der Waals surface area contributed by atoms with Gasteiger partial charge in [-0.2, -0.15) is 0 Å². The van der Waals surface area contributed by atoms with Crippen LogP contribution < -0.4 is 5.32 Å². The Morgan fingerprint density at radius 1 is 1.35 bits per heavy atom. The van der Waals surface area contributed by atoms with Gasteiger partial charge in [0.25, 0.3) is 5.91 Å². The van der Waals surface area contributed by atoms with E-state index in [0.717, 1.165) is 0 Å². The van der Waals surface area contributed by atoms with Gasteiger partial charge in [-0.1, -0.05) is 29.3 Å². The maximum absolute atomic E-state index is 11.8. The molecule has 0 atom stereocenters. The van der Waals surface area contributed by atoms with Gasteiger partial charge >= 0.3 is 0 Å². The molecular formula is C11H7BrCl2N2O. The molecule has 0 aliphatic heterocycles. The highest BCUT2D eigenvalue weighted by Gasteiger charge is 2.11. The number of rotatable bonds is 2. The third-order valence-electron chi connectivity index (χ3n) is 2.09. The van der Waals surface area contributed by atoms with E-state index in [9.17, 15) is 4.79 Å². The molecule has 0 spiro atoms. The van der Waals surface area contributed by atoms with Gasteiger partial charge in [0.15, 0.2) is 0 Å². The number of aromatic amines is 1. The lowest BCUT2D eigenvalue weighted by Gasteiger charge is -2.07. The standard InChI is InChI=1S/C11H7BrCl2N2O/c12-10-7(14)2-1-3-8(10)16-11(17)9-4-6(13)5-15-9/h1-5,15H,(H,16,17). The Morgan fingerprint density at radius 2 is 2.12 bits per heavy atom. The molecule has 2 N–H and O–H groups in total. The Morgan fingerprint density at radius 3 is 2.76 bits per heavy atom. The monoisotopic (exact) mass is 332 g/mol. The van der Waals surface area contributed by atoms with Gasteiger partial charge in [-0.15, -0.1) is 0 Å². The first kappa shape index (κ1) is 12.5. The smallest absolute Gasteiger partial charge is 0.272 e. The number of nitrogens with one attached hydrogen (secondary N) is 2. The van der Waals surface area contributed by atoms with Gasteiger partial charge in [0.1, 0.15) is 5.69 Å². The first-order valence-corrected chi connectivity index (χ1v) is 6.22. The van der Waals surface area contributed by atoms with Crippen LogP contribution in [0.15, 0.2) is 34.9 Å². The minimum Gasteiger partial charge on any atom is -0.356 e. The summed E-state index contributed by atoms with van der Waals surface area (Å²) in [5.74, 6) is -0.278. The predicted octanol–water partition coefficient (Wildman–Crippen LogP) is 4.34. The number of carbonyl (C=O) groups is 1. The van der Waals surface area contributed by atoms with Crippen molar-refractivity contribution in [3.63, 3.8) is 0 Å². The molecule has 1 aromatic heterocycles. The highest BCUT2D eigenvalue weighted by molar-refractivity contribution is 9.10. The van der Waals surface area contributed by atoms with Gasteiger partial charge in [0.2, 0.25) is 0 Å². The summed E-state index contributed by atoms with van der Waals surface area (Å²) in [5, 5.41) is 3.74. The molecule has 6 heteroatoms. The first-order chi connectivity index (χ1) is 8.08. The second kappa shape index (κ2) is 5.12. The second-order valence-electron chi connectivity index (χ2n) is 3.29. The molecule has 2 aromatic rings. The summed E-state index contributed by atoms with van der Waals surface area (Å²) in [6, 6.07) is 6.78. The lowest BCUT2D eigenvalue weighted by atomic mass is 10.3. The van der Waals surface area contributed by atoms with E-state index in [-0.39, 0.29) is 5.91 Å². The SMILES string of the molecule is O=C(Nc1cccc(Cl)c1Br)c1cc(Cl)c[nH]1. The van der Waals surface area contributed by atoms with Crippen LogP contribution in [0, 0.1) is 0 Å². The summed E-state index contributed by atoms with van der Waals surface area (Å²) in [7, 11) is 0. The minimum absolute atomic E-state index is 0.278. The topological polar surface area (TPSA) is 44.9 Å². The van der Waals surface area contributed by atoms with Crippen LogP contribution in [-0.4, -0.2) is 10.9 Å². The minimum atomic E-state index is -0.278. The lowest BCUT2D eigenvalue weighted by molar-refractivity contribution is 0.102. The molecule has 0 saturated carbocycles. The van der Waals surface area contributed by atoms with Crippen molar-refractivity contribution >= 4 is 50.7 Å². The van der Waals surface area contributed by atoms with Crippen LogP contribution in [-0.2, 0) is 0 Å². The molecule has 0 radical (unpaired) electrons. The van der Waals surface area contributed by atoms with Crippen molar-refractivity contribution in [3.8, 4) is 0 Å². The van der Waals surface area contributed by atoms with E-state index in [0.29, 0.717) is 25.9 Å². The maximum Gasteiger partial charge on any atom is 0.272 e. The van der Waals surface area contributed by atoms with Crippen molar-refractivity contribution in [1.82, 2.24) is 4.98 Å². The summed E-state index contributed by atoms with van der Waals surface area (Å²) in [6.07, 6.45) is 1.55. The zero-order valence-corrected chi connectivity index (χ0v) is 11.5. The van der Waals surface area contributed by atoms with E-state index in [1.807, 2.05) is 0 Å². The Bertz CT molecular complexity index is 568. The van der Waals surface area contributed by atoms with Crippen LogP contribution >= 0.6 is 39.1 Å². The van der Waals surface area contributed by atoms with Gasteiger partial charge in [-0.05, 0) is 34.1 Å². The van der Waals surface area contributed by atoms with Crippen molar-refractivity contribution in [2.24, 2.45) is 0 Å². The van der Waals surface area contributed by atoms with Gasteiger partial charge in [0, 0.05) is 6.20 Å². The summed E-state index contributed by atoms with van der Waals surface area (Å²) >= 11 is 14.9. The van der Waals surface area contributed by atoms with Crippen LogP contribution in [0.1, 0.15) is 10.5 Å². The zero-order valence-electron chi connectivity index (χ0n) is 8.43. The molecule has 1 amide bonds. The first-order valence-electron chi connectivity index (χ1n) is 4.67. The number of amides is 1. The number of halogens is 3. The van der Waals surface area contributed by atoms with Crippen molar-refractivity contribution in [3.05, 3.63) is 50.7 Å². The highest BCUT2D eigenvalue weighted by Crippen LogP contribution is 2.30. The second-order valence-corrected chi connectivity index (χ2v) is 4.92. The normalized spacial score (nSPS) is 10.3. The van der Waals surface area contributed by atoms with Gasteiger partial charge in [0.05, 0.1) is 20.2 Å². The number of hydrogen-bond donors (Lipinski definition) is 2. The van der Waals surface area contributed by atoms with E-state index in [1.54, 1.807) is 30.5 Å². The summed E-state index contributed by atoms with van der Waals surface area (Å²) in [4.78, 5) is 14.6. The lowest BCUT2D eigenvalue weighted by Crippen LogP contribution is -2.12. The third-order valence-corrected chi connectivity index (χ3v) is 3.71. The van der Waals surface area contributed by atoms with E-state index in [1.165, 1.54) is 0 Å². The fourth-order valence-corrected chi connectivity index (χ4v) is 1.99. The molecule has 88 valence electrons. The maximum atomic E-state index is 11.8. The van der Waals surface area contributed by atoms with Crippen LogP contribution in [0.4, 0.5) is 5.69 Å². The van der Waals surface area contributed by atoms with Crippen LogP contribution in [0.2, 0.25) is 10.0 Å². The Kier molecular flexibility index (Phi) is 3.76. The van der Waals surface area contributed by atoms with Crippen LogP contribution in [0.3, 0.4) is 0 Å². The molecule has 1 heterocycles. The molecule has 0 aliphatic rings. The highest BCUT2D eigenvalue weighted by atomic mass is 79.9. The largest absolute Gasteiger partial charge is 0.356 e. The number of anilines is 1. The molecule has 0 saturated heterocycles. The van der Waals surface area contributed by atoms with Crippen molar-refractivity contribution < 1.29 is 4.79 Å². The number of benzene rings is 1. The number of aromatic nitrogens is 1. The molecule has 17 heavy (non-hydrogen) atoms. The number of H-pyrrole nitrogens is 1. The van der Waals surface area contributed by atoms with Crippen LogP contribution in [0.5, 0.6) is 0 Å². The van der Waals surface area contributed by atoms with Gasteiger partial charge in [-0.25, -0.2) is 0 Å². The van der Waals surface area contributed by atoms with Crippen molar-refractivity contribution in [2.45, 2.75) is 0 Å². The molecule has 0 fully saturated rings.